The minimum atomic E-state index is -0.139. The molecule has 4 rings (SSSR count). The lowest BCUT2D eigenvalue weighted by Crippen LogP contribution is -2.44. The molecule has 1 unspecified atom stereocenters. The maximum atomic E-state index is 14.2. The summed E-state index contributed by atoms with van der Waals surface area (Å²) in [5.74, 6) is 0.585. The van der Waals surface area contributed by atoms with E-state index >= 15 is 0 Å². The normalized spacial score (nSPS) is 24.0. The minimum absolute atomic E-state index is 0.139. The summed E-state index contributed by atoms with van der Waals surface area (Å²) in [6.07, 6.45) is 7.75. The molecule has 0 bridgehead atoms. The van der Waals surface area contributed by atoms with Crippen molar-refractivity contribution >= 4 is 0 Å². The number of halogens is 1. The maximum Gasteiger partial charge on any atom is 0.127 e. The average molecular weight is 372 g/mol. The van der Waals surface area contributed by atoms with Gasteiger partial charge < -0.3 is 4.74 Å². The fourth-order valence-corrected chi connectivity index (χ4v) is 4.79. The Hall–Kier alpha value is -1.92. The monoisotopic (exact) mass is 372 g/mol. The summed E-state index contributed by atoms with van der Waals surface area (Å²) in [7, 11) is 3.59. The van der Waals surface area contributed by atoms with Crippen molar-refractivity contribution in [1.82, 2.24) is 19.6 Å². The van der Waals surface area contributed by atoms with Gasteiger partial charge in [-0.3, -0.25) is 14.5 Å². The van der Waals surface area contributed by atoms with Crippen molar-refractivity contribution in [3.05, 3.63) is 47.5 Å². The number of hydrogen-bond donors (Lipinski definition) is 0. The maximum absolute atomic E-state index is 14.2. The predicted molar refractivity (Wildman–Crippen MR) is 103 cm³/mol. The van der Waals surface area contributed by atoms with Gasteiger partial charge in [0.1, 0.15) is 11.6 Å². The Morgan fingerprint density at radius 2 is 1.96 bits per heavy atom. The number of likely N-dealkylation sites (tertiary alicyclic amines) is 2. The van der Waals surface area contributed by atoms with Crippen molar-refractivity contribution in [3.8, 4) is 5.75 Å². The summed E-state index contributed by atoms with van der Waals surface area (Å²) in [6, 6.07) is 5.03. The number of ether oxygens (including phenoxy) is 1. The quantitative estimate of drug-likeness (QED) is 0.808. The number of benzene rings is 1. The van der Waals surface area contributed by atoms with E-state index in [4.69, 9.17) is 4.74 Å². The van der Waals surface area contributed by atoms with Crippen molar-refractivity contribution in [2.45, 2.75) is 32.4 Å². The molecule has 0 amide bonds. The van der Waals surface area contributed by atoms with Crippen LogP contribution in [0.15, 0.2) is 30.6 Å². The Morgan fingerprint density at radius 3 is 2.70 bits per heavy atom. The topological polar surface area (TPSA) is 33.5 Å². The highest BCUT2D eigenvalue weighted by Gasteiger charge is 2.41. The van der Waals surface area contributed by atoms with Gasteiger partial charge in [-0.25, -0.2) is 4.39 Å². The second kappa shape index (κ2) is 7.60. The van der Waals surface area contributed by atoms with Crippen LogP contribution in [0, 0.1) is 11.2 Å². The van der Waals surface area contributed by atoms with Crippen molar-refractivity contribution in [2.75, 3.05) is 33.3 Å². The fourth-order valence-electron chi connectivity index (χ4n) is 4.79. The predicted octanol–water partition coefficient (Wildman–Crippen LogP) is 3.06. The molecule has 0 saturated carbocycles. The summed E-state index contributed by atoms with van der Waals surface area (Å²) in [4.78, 5) is 4.97. The second-order valence-corrected chi connectivity index (χ2v) is 8.25. The van der Waals surface area contributed by atoms with Crippen molar-refractivity contribution in [3.63, 3.8) is 0 Å². The van der Waals surface area contributed by atoms with Gasteiger partial charge in [-0.1, -0.05) is 0 Å². The first-order chi connectivity index (χ1) is 13.0. The molecule has 2 fully saturated rings. The minimum Gasteiger partial charge on any atom is -0.497 e. The van der Waals surface area contributed by atoms with Crippen LogP contribution in [0.1, 0.15) is 30.4 Å². The van der Waals surface area contributed by atoms with Gasteiger partial charge in [0.25, 0.3) is 0 Å². The third-order valence-electron chi connectivity index (χ3n) is 6.07. The zero-order valence-corrected chi connectivity index (χ0v) is 16.3. The Bertz CT molecular complexity index is 792. The molecule has 0 N–H and O–H groups in total. The van der Waals surface area contributed by atoms with E-state index in [9.17, 15) is 4.39 Å². The summed E-state index contributed by atoms with van der Waals surface area (Å²) >= 11 is 0. The Labute approximate surface area is 160 Å². The van der Waals surface area contributed by atoms with E-state index in [0.717, 1.165) is 44.0 Å². The number of aryl methyl sites for hydroxylation is 1. The van der Waals surface area contributed by atoms with Gasteiger partial charge >= 0.3 is 0 Å². The van der Waals surface area contributed by atoms with Gasteiger partial charge in [-0.2, -0.15) is 5.10 Å². The number of hydrogen-bond acceptors (Lipinski definition) is 4. The molecule has 5 nitrogen and oxygen atoms in total. The van der Waals surface area contributed by atoms with Crippen molar-refractivity contribution < 1.29 is 9.13 Å². The van der Waals surface area contributed by atoms with Crippen molar-refractivity contribution in [1.29, 1.82) is 0 Å². The van der Waals surface area contributed by atoms with Crippen LogP contribution in [0.3, 0.4) is 0 Å². The number of piperidine rings is 1. The SMILES string of the molecule is COc1ccc(F)c(CN2CCCC3(CCN(Cc4cnn(C)c4)C3)C2)c1. The van der Waals surface area contributed by atoms with Crippen LogP contribution < -0.4 is 4.74 Å². The Balaban J connectivity index is 1.39. The van der Waals surface area contributed by atoms with Gasteiger partial charge in [0.05, 0.1) is 13.3 Å². The lowest BCUT2D eigenvalue weighted by Gasteiger charge is -2.40. The smallest absolute Gasteiger partial charge is 0.127 e. The van der Waals surface area contributed by atoms with Crippen LogP contribution in [0.5, 0.6) is 5.75 Å². The average Bonchev–Trinajstić information content (AvgIpc) is 3.23. The Kier molecular flexibility index (Phi) is 5.19. The van der Waals surface area contributed by atoms with E-state index in [-0.39, 0.29) is 5.82 Å². The molecule has 2 saturated heterocycles. The van der Waals surface area contributed by atoms with Crippen LogP contribution in [-0.2, 0) is 20.1 Å². The highest BCUT2D eigenvalue weighted by atomic mass is 19.1. The van der Waals surface area contributed by atoms with E-state index in [1.54, 1.807) is 13.2 Å². The molecule has 1 aromatic carbocycles. The lowest BCUT2D eigenvalue weighted by molar-refractivity contribution is 0.0857. The molecule has 2 aliphatic heterocycles. The molecule has 6 heteroatoms. The van der Waals surface area contributed by atoms with Gasteiger partial charge in [0.15, 0.2) is 0 Å². The molecule has 2 aromatic rings. The molecule has 3 heterocycles. The zero-order chi connectivity index (χ0) is 18.9. The summed E-state index contributed by atoms with van der Waals surface area (Å²) in [5, 5.41) is 4.28. The van der Waals surface area contributed by atoms with Gasteiger partial charge in [0.2, 0.25) is 0 Å². The highest BCUT2D eigenvalue weighted by molar-refractivity contribution is 5.29. The first kappa shape index (κ1) is 18.4. The largest absolute Gasteiger partial charge is 0.497 e. The van der Waals surface area contributed by atoms with E-state index in [1.807, 2.05) is 24.0 Å². The standard InChI is InChI=1S/C21H29FN4O/c1-24-12-17(11-23-24)13-26-9-7-21(16-26)6-3-8-25(15-21)14-18-10-19(27-2)4-5-20(18)22/h4-5,10-12H,3,6-9,13-16H2,1-2H3. The molecule has 0 radical (unpaired) electrons. The molecule has 146 valence electrons. The molecule has 1 spiro atoms. The van der Waals surface area contributed by atoms with E-state index in [2.05, 4.69) is 21.1 Å². The van der Waals surface area contributed by atoms with E-state index < -0.39 is 0 Å². The highest BCUT2D eigenvalue weighted by Crippen LogP contribution is 2.40. The number of rotatable bonds is 5. The second-order valence-electron chi connectivity index (χ2n) is 8.25. The van der Waals surface area contributed by atoms with Crippen LogP contribution in [0.25, 0.3) is 0 Å². The zero-order valence-electron chi connectivity index (χ0n) is 16.3. The van der Waals surface area contributed by atoms with Crippen LogP contribution >= 0.6 is 0 Å². The first-order valence-corrected chi connectivity index (χ1v) is 9.80. The van der Waals surface area contributed by atoms with Crippen LogP contribution in [0.2, 0.25) is 0 Å². The number of methoxy groups -OCH3 is 1. The van der Waals surface area contributed by atoms with Gasteiger partial charge in [-0.05, 0) is 56.0 Å². The Morgan fingerprint density at radius 1 is 1.15 bits per heavy atom. The van der Waals surface area contributed by atoms with E-state index in [1.165, 1.54) is 30.9 Å². The molecule has 1 atom stereocenters. The van der Waals surface area contributed by atoms with Gasteiger partial charge in [0, 0.05) is 50.6 Å². The third kappa shape index (κ3) is 4.17. The molecule has 2 aliphatic rings. The number of nitrogens with zero attached hydrogens (tertiary/aromatic N) is 4. The number of aromatic nitrogens is 2. The van der Waals surface area contributed by atoms with Gasteiger partial charge in [-0.15, -0.1) is 0 Å². The molecule has 1 aromatic heterocycles. The third-order valence-corrected chi connectivity index (χ3v) is 6.07. The molecule has 0 aliphatic carbocycles. The van der Waals surface area contributed by atoms with E-state index in [0.29, 0.717) is 12.0 Å². The summed E-state index contributed by atoms with van der Waals surface area (Å²) in [5.41, 5.74) is 2.35. The molecule has 27 heavy (non-hydrogen) atoms. The fraction of sp³-hybridized carbons (Fsp3) is 0.571. The van der Waals surface area contributed by atoms with Crippen molar-refractivity contribution in [2.24, 2.45) is 12.5 Å². The molecular formula is C21H29FN4O. The lowest BCUT2D eigenvalue weighted by atomic mass is 9.79. The molecular weight excluding hydrogens is 343 g/mol. The summed E-state index contributed by atoms with van der Waals surface area (Å²) < 4.78 is 21.4. The van der Waals surface area contributed by atoms with Crippen LogP contribution in [0.4, 0.5) is 4.39 Å². The summed E-state index contributed by atoms with van der Waals surface area (Å²) in [6.45, 7) is 5.98. The first-order valence-electron chi connectivity index (χ1n) is 9.80. The van der Waals surface area contributed by atoms with Crippen LogP contribution in [-0.4, -0.2) is 52.9 Å².